The number of aryl methyl sites for hydroxylation is 1. The Kier molecular flexibility index (Phi) is 7.03. The van der Waals surface area contributed by atoms with Crippen molar-refractivity contribution in [2.75, 3.05) is 38.0 Å². The minimum Gasteiger partial charge on any atom is -0.337 e. The van der Waals surface area contributed by atoms with Crippen molar-refractivity contribution >= 4 is 34.4 Å². The summed E-state index contributed by atoms with van der Waals surface area (Å²) in [5.74, 6) is -0.128. The van der Waals surface area contributed by atoms with Crippen LogP contribution in [0.4, 0.5) is 5.13 Å². The van der Waals surface area contributed by atoms with Gasteiger partial charge in [0.05, 0.1) is 6.54 Å². The van der Waals surface area contributed by atoms with Gasteiger partial charge in [-0.2, -0.15) is 0 Å². The first-order chi connectivity index (χ1) is 15.6. The van der Waals surface area contributed by atoms with Crippen molar-refractivity contribution in [2.45, 2.75) is 6.92 Å². The van der Waals surface area contributed by atoms with E-state index in [4.69, 9.17) is 0 Å². The monoisotopic (exact) mass is 447 g/mol. The summed E-state index contributed by atoms with van der Waals surface area (Å²) in [6.45, 7) is 4.80. The zero-order valence-corrected chi connectivity index (χ0v) is 18.7. The van der Waals surface area contributed by atoms with Gasteiger partial charge in [0.2, 0.25) is 16.9 Å². The van der Waals surface area contributed by atoms with Crippen molar-refractivity contribution in [1.29, 1.82) is 0 Å². The zero-order valence-electron chi connectivity index (χ0n) is 17.9. The van der Waals surface area contributed by atoms with Crippen LogP contribution in [0.1, 0.15) is 11.1 Å². The van der Waals surface area contributed by atoms with Crippen LogP contribution < -0.4 is 5.32 Å². The number of hydrogen-bond acceptors (Lipinski definition) is 6. The molecule has 0 spiro atoms. The molecule has 0 radical (unpaired) electrons. The largest absolute Gasteiger partial charge is 0.337 e. The van der Waals surface area contributed by atoms with E-state index in [-0.39, 0.29) is 18.4 Å². The molecular formula is C24H25N5O2S. The Balaban J connectivity index is 1.24. The van der Waals surface area contributed by atoms with E-state index in [0.29, 0.717) is 31.3 Å². The number of carbonyl (C=O) groups excluding carboxylic acids is 2. The fourth-order valence-corrected chi connectivity index (χ4v) is 4.37. The van der Waals surface area contributed by atoms with E-state index in [9.17, 15) is 9.59 Å². The summed E-state index contributed by atoms with van der Waals surface area (Å²) in [5.41, 5.74) is 3.14. The summed E-state index contributed by atoms with van der Waals surface area (Å²) in [6.07, 6.45) is 3.44. The van der Waals surface area contributed by atoms with Crippen LogP contribution in [-0.4, -0.2) is 64.5 Å². The van der Waals surface area contributed by atoms with Crippen LogP contribution in [0.25, 0.3) is 16.6 Å². The van der Waals surface area contributed by atoms with Crippen molar-refractivity contribution in [2.24, 2.45) is 0 Å². The molecule has 164 valence electrons. The number of amides is 2. The Morgan fingerprint density at radius 1 is 1.00 bits per heavy atom. The minimum absolute atomic E-state index is 0.00412. The highest BCUT2D eigenvalue weighted by Crippen LogP contribution is 2.28. The van der Waals surface area contributed by atoms with Gasteiger partial charge >= 0.3 is 0 Å². The molecule has 0 unspecified atom stereocenters. The summed E-state index contributed by atoms with van der Waals surface area (Å²) in [6, 6.07) is 17.7. The number of rotatable bonds is 6. The van der Waals surface area contributed by atoms with E-state index in [1.165, 1.54) is 11.3 Å². The predicted octanol–water partition coefficient (Wildman–Crippen LogP) is 3.31. The molecule has 2 heterocycles. The third kappa shape index (κ3) is 5.66. The van der Waals surface area contributed by atoms with E-state index in [0.717, 1.165) is 21.7 Å². The molecule has 7 nitrogen and oxygen atoms in total. The first-order valence-electron chi connectivity index (χ1n) is 10.5. The first kappa shape index (κ1) is 21.9. The first-order valence-corrected chi connectivity index (χ1v) is 11.3. The topological polar surface area (TPSA) is 78.4 Å². The molecule has 2 amide bonds. The molecule has 1 fully saturated rings. The predicted molar refractivity (Wildman–Crippen MR) is 127 cm³/mol. The Morgan fingerprint density at radius 2 is 1.72 bits per heavy atom. The zero-order chi connectivity index (χ0) is 22.3. The standard InChI is InChI=1S/C24H25N5O2S/c1-18-7-5-6-10-20(18)23-26-27-24(32-23)25-21(30)17-28-13-15-29(16-14-28)22(31)12-11-19-8-3-2-4-9-19/h2-12H,13-17H2,1H3,(H,25,27,30). The Morgan fingerprint density at radius 3 is 2.47 bits per heavy atom. The summed E-state index contributed by atoms with van der Waals surface area (Å²) < 4.78 is 0. The maximum Gasteiger partial charge on any atom is 0.246 e. The van der Waals surface area contributed by atoms with Gasteiger partial charge in [0, 0.05) is 37.8 Å². The molecule has 32 heavy (non-hydrogen) atoms. The van der Waals surface area contributed by atoms with Crippen LogP contribution in [-0.2, 0) is 9.59 Å². The fraction of sp³-hybridized carbons (Fsp3) is 0.250. The molecule has 1 saturated heterocycles. The van der Waals surface area contributed by atoms with E-state index in [2.05, 4.69) is 15.5 Å². The van der Waals surface area contributed by atoms with Gasteiger partial charge in [-0.25, -0.2) is 0 Å². The molecule has 1 aliphatic rings. The van der Waals surface area contributed by atoms with Crippen LogP contribution in [0.3, 0.4) is 0 Å². The minimum atomic E-state index is -0.124. The number of aromatic nitrogens is 2. The normalized spacial score (nSPS) is 14.6. The number of benzene rings is 2. The van der Waals surface area contributed by atoms with Crippen LogP contribution >= 0.6 is 11.3 Å². The van der Waals surface area contributed by atoms with Gasteiger partial charge in [-0.05, 0) is 24.1 Å². The van der Waals surface area contributed by atoms with Crippen LogP contribution in [0.5, 0.6) is 0 Å². The SMILES string of the molecule is Cc1ccccc1-c1nnc(NC(=O)CN2CCN(C(=O)C=Cc3ccccc3)CC2)s1. The van der Waals surface area contributed by atoms with Crippen LogP contribution in [0.2, 0.25) is 0 Å². The number of carbonyl (C=O) groups is 2. The maximum atomic E-state index is 12.5. The Hall–Kier alpha value is -3.36. The van der Waals surface area contributed by atoms with E-state index in [1.54, 1.807) is 6.08 Å². The van der Waals surface area contributed by atoms with Crippen molar-refractivity contribution in [3.8, 4) is 10.6 Å². The maximum absolute atomic E-state index is 12.5. The molecule has 1 N–H and O–H groups in total. The molecule has 2 aromatic carbocycles. The lowest BCUT2D eigenvalue weighted by Gasteiger charge is -2.33. The van der Waals surface area contributed by atoms with Gasteiger partial charge in [-0.1, -0.05) is 65.9 Å². The lowest BCUT2D eigenvalue weighted by atomic mass is 10.1. The second-order valence-corrected chi connectivity index (χ2v) is 8.60. The number of piperazine rings is 1. The van der Waals surface area contributed by atoms with Gasteiger partial charge in [0.25, 0.3) is 0 Å². The van der Waals surface area contributed by atoms with Gasteiger partial charge in [0.15, 0.2) is 0 Å². The third-order valence-electron chi connectivity index (χ3n) is 5.32. The lowest BCUT2D eigenvalue weighted by Crippen LogP contribution is -2.50. The van der Waals surface area contributed by atoms with Gasteiger partial charge < -0.3 is 4.90 Å². The van der Waals surface area contributed by atoms with Crippen molar-refractivity contribution in [3.05, 3.63) is 71.8 Å². The fourth-order valence-electron chi connectivity index (χ4n) is 3.52. The molecule has 0 bridgehead atoms. The van der Waals surface area contributed by atoms with Gasteiger partial charge in [-0.15, -0.1) is 10.2 Å². The smallest absolute Gasteiger partial charge is 0.246 e. The molecule has 8 heteroatoms. The second kappa shape index (κ2) is 10.3. The number of nitrogens with one attached hydrogen (secondary N) is 1. The highest BCUT2D eigenvalue weighted by molar-refractivity contribution is 7.18. The third-order valence-corrected chi connectivity index (χ3v) is 6.19. The molecule has 0 aliphatic carbocycles. The van der Waals surface area contributed by atoms with Gasteiger partial charge in [-0.3, -0.25) is 19.8 Å². The molecule has 1 aromatic heterocycles. The van der Waals surface area contributed by atoms with E-state index >= 15 is 0 Å². The van der Waals surface area contributed by atoms with E-state index in [1.807, 2.05) is 77.4 Å². The molecule has 0 saturated carbocycles. The van der Waals surface area contributed by atoms with Crippen molar-refractivity contribution in [3.63, 3.8) is 0 Å². The number of anilines is 1. The average molecular weight is 448 g/mol. The molecule has 0 atom stereocenters. The number of hydrogen-bond donors (Lipinski definition) is 1. The van der Waals surface area contributed by atoms with Crippen molar-refractivity contribution < 1.29 is 9.59 Å². The Labute approximate surface area is 191 Å². The summed E-state index contributed by atoms with van der Waals surface area (Å²) in [4.78, 5) is 28.7. The van der Waals surface area contributed by atoms with Crippen LogP contribution in [0.15, 0.2) is 60.7 Å². The van der Waals surface area contributed by atoms with Crippen molar-refractivity contribution in [1.82, 2.24) is 20.0 Å². The molecular weight excluding hydrogens is 422 g/mol. The number of nitrogens with zero attached hydrogens (tertiary/aromatic N) is 4. The lowest BCUT2D eigenvalue weighted by molar-refractivity contribution is -0.127. The summed E-state index contributed by atoms with van der Waals surface area (Å²) in [5, 5.41) is 12.4. The second-order valence-electron chi connectivity index (χ2n) is 7.62. The average Bonchev–Trinajstić information content (AvgIpc) is 3.27. The molecule has 4 rings (SSSR count). The Bertz CT molecular complexity index is 1100. The highest BCUT2D eigenvalue weighted by atomic mass is 32.1. The molecule has 3 aromatic rings. The summed E-state index contributed by atoms with van der Waals surface area (Å²) in [7, 11) is 0. The highest BCUT2D eigenvalue weighted by Gasteiger charge is 2.21. The van der Waals surface area contributed by atoms with Crippen LogP contribution in [0, 0.1) is 6.92 Å². The van der Waals surface area contributed by atoms with E-state index < -0.39 is 0 Å². The summed E-state index contributed by atoms with van der Waals surface area (Å²) >= 11 is 1.37. The molecule has 1 aliphatic heterocycles. The quantitative estimate of drug-likeness (QED) is 0.587. The van der Waals surface area contributed by atoms with Gasteiger partial charge in [0.1, 0.15) is 5.01 Å².